The van der Waals surface area contributed by atoms with Gasteiger partial charge in [-0.25, -0.2) is 24.0 Å². The van der Waals surface area contributed by atoms with Crippen molar-refractivity contribution in [1.82, 2.24) is 24.7 Å². The standard InChI is InChI=1S/C15H15FN6O2/c1-23-10-2-3-18-11(6-10)24-15-12-13(17)19-7-20-14(12)22(21-15)9-4-8(16)5-9/h2-3,6-9H,4-5H2,1H3,(H2,17,19,20)/t8-,9-. The van der Waals surface area contributed by atoms with Gasteiger partial charge in [0, 0.05) is 25.1 Å². The highest BCUT2D eigenvalue weighted by atomic mass is 19.1. The minimum Gasteiger partial charge on any atom is -0.497 e. The SMILES string of the molecule is COc1ccnc(Oc2nn([C@H]3C[C@H](F)C3)c3ncnc(N)c23)c1. The molecule has 1 aliphatic rings. The summed E-state index contributed by atoms with van der Waals surface area (Å²) in [5.41, 5.74) is 6.49. The fourth-order valence-electron chi connectivity index (χ4n) is 2.68. The smallest absolute Gasteiger partial charge is 0.253 e. The molecule has 24 heavy (non-hydrogen) atoms. The highest BCUT2D eigenvalue weighted by Gasteiger charge is 2.34. The van der Waals surface area contributed by atoms with Gasteiger partial charge in [0.1, 0.15) is 29.5 Å². The van der Waals surface area contributed by atoms with E-state index in [0.717, 1.165) is 0 Å². The molecule has 0 aliphatic heterocycles. The van der Waals surface area contributed by atoms with Gasteiger partial charge in [-0.1, -0.05) is 0 Å². The number of anilines is 1. The fourth-order valence-corrected chi connectivity index (χ4v) is 2.68. The molecule has 1 saturated carbocycles. The molecule has 0 saturated heterocycles. The summed E-state index contributed by atoms with van der Waals surface area (Å²) in [4.78, 5) is 12.3. The number of fused-ring (bicyclic) bond motifs is 1. The highest BCUT2D eigenvalue weighted by molar-refractivity contribution is 5.90. The van der Waals surface area contributed by atoms with Gasteiger partial charge >= 0.3 is 0 Å². The van der Waals surface area contributed by atoms with E-state index in [0.29, 0.717) is 35.5 Å². The van der Waals surface area contributed by atoms with Gasteiger partial charge in [-0.05, 0) is 6.07 Å². The van der Waals surface area contributed by atoms with Crippen molar-refractivity contribution in [1.29, 1.82) is 0 Å². The second-order valence-electron chi connectivity index (χ2n) is 5.57. The molecule has 2 N–H and O–H groups in total. The van der Waals surface area contributed by atoms with E-state index in [2.05, 4.69) is 20.1 Å². The van der Waals surface area contributed by atoms with E-state index < -0.39 is 6.17 Å². The number of alkyl halides is 1. The summed E-state index contributed by atoms with van der Waals surface area (Å²) < 4.78 is 25.8. The molecule has 4 rings (SSSR count). The molecular formula is C15H15FN6O2. The first-order chi connectivity index (χ1) is 11.7. The van der Waals surface area contributed by atoms with Crippen LogP contribution in [0.2, 0.25) is 0 Å². The number of nitrogens with two attached hydrogens (primary N) is 1. The number of nitrogens with zero attached hydrogens (tertiary/aromatic N) is 5. The van der Waals surface area contributed by atoms with Crippen LogP contribution in [0.25, 0.3) is 11.0 Å². The number of nitrogen functional groups attached to an aromatic ring is 1. The Morgan fingerprint density at radius 3 is 2.88 bits per heavy atom. The molecule has 0 aromatic carbocycles. The molecule has 9 heteroatoms. The van der Waals surface area contributed by atoms with E-state index in [-0.39, 0.29) is 17.7 Å². The van der Waals surface area contributed by atoms with Crippen LogP contribution in [0.4, 0.5) is 10.2 Å². The molecule has 0 atom stereocenters. The Kier molecular flexibility index (Phi) is 3.40. The topological polar surface area (TPSA) is 101 Å². The normalized spacial score (nSPS) is 19.9. The van der Waals surface area contributed by atoms with E-state index in [1.165, 1.54) is 6.33 Å². The lowest BCUT2D eigenvalue weighted by Gasteiger charge is -2.29. The second-order valence-corrected chi connectivity index (χ2v) is 5.57. The minimum atomic E-state index is -0.808. The number of hydrogen-bond acceptors (Lipinski definition) is 7. The Hall–Kier alpha value is -2.97. The molecular weight excluding hydrogens is 315 g/mol. The largest absolute Gasteiger partial charge is 0.497 e. The summed E-state index contributed by atoms with van der Waals surface area (Å²) >= 11 is 0. The molecule has 8 nitrogen and oxygen atoms in total. The number of aromatic nitrogens is 5. The molecule has 124 valence electrons. The summed E-state index contributed by atoms with van der Waals surface area (Å²) in [6.07, 6.45) is 2.91. The molecule has 3 aromatic rings. The van der Waals surface area contributed by atoms with Crippen molar-refractivity contribution in [3.05, 3.63) is 24.7 Å². The van der Waals surface area contributed by atoms with Crippen LogP contribution in [-0.2, 0) is 0 Å². The lowest BCUT2D eigenvalue weighted by atomic mass is 9.91. The van der Waals surface area contributed by atoms with E-state index in [4.69, 9.17) is 15.2 Å². The number of pyridine rings is 1. The van der Waals surface area contributed by atoms with E-state index in [9.17, 15) is 4.39 Å². The van der Waals surface area contributed by atoms with Crippen molar-refractivity contribution >= 4 is 16.9 Å². The molecule has 0 amide bonds. The predicted molar refractivity (Wildman–Crippen MR) is 83.8 cm³/mol. The van der Waals surface area contributed by atoms with Gasteiger partial charge in [-0.3, -0.25) is 0 Å². The lowest BCUT2D eigenvalue weighted by Crippen LogP contribution is -2.28. The number of ether oxygens (including phenoxy) is 2. The summed E-state index contributed by atoms with van der Waals surface area (Å²) in [6.45, 7) is 0. The Morgan fingerprint density at radius 1 is 1.29 bits per heavy atom. The third kappa shape index (κ3) is 2.38. The molecule has 0 unspecified atom stereocenters. The Balaban J connectivity index is 1.77. The summed E-state index contributed by atoms with van der Waals surface area (Å²) in [5.74, 6) is 1.40. The molecule has 0 bridgehead atoms. The van der Waals surface area contributed by atoms with Gasteiger partial charge in [-0.15, -0.1) is 5.10 Å². The third-order valence-corrected chi connectivity index (χ3v) is 4.03. The van der Waals surface area contributed by atoms with Gasteiger partial charge in [0.05, 0.1) is 13.2 Å². The number of methoxy groups -OCH3 is 1. The van der Waals surface area contributed by atoms with Crippen molar-refractivity contribution in [2.75, 3.05) is 12.8 Å². The second kappa shape index (κ2) is 5.59. The molecule has 0 spiro atoms. The minimum absolute atomic E-state index is 0.0626. The van der Waals surface area contributed by atoms with Gasteiger partial charge < -0.3 is 15.2 Å². The number of rotatable bonds is 4. The van der Waals surface area contributed by atoms with Crippen LogP contribution in [-0.4, -0.2) is 38.0 Å². The van der Waals surface area contributed by atoms with Crippen LogP contribution in [0.1, 0.15) is 18.9 Å². The van der Waals surface area contributed by atoms with Crippen molar-refractivity contribution in [2.24, 2.45) is 0 Å². The highest BCUT2D eigenvalue weighted by Crippen LogP contribution is 2.39. The van der Waals surface area contributed by atoms with E-state index >= 15 is 0 Å². The zero-order valence-corrected chi connectivity index (χ0v) is 12.9. The number of hydrogen-bond donors (Lipinski definition) is 1. The van der Waals surface area contributed by atoms with Gasteiger partial charge in [0.2, 0.25) is 5.88 Å². The van der Waals surface area contributed by atoms with Gasteiger partial charge in [0.25, 0.3) is 5.88 Å². The molecule has 1 fully saturated rings. The number of halogens is 1. The average Bonchev–Trinajstić information content (AvgIpc) is 2.91. The van der Waals surface area contributed by atoms with Crippen molar-refractivity contribution in [3.8, 4) is 17.5 Å². The van der Waals surface area contributed by atoms with Crippen molar-refractivity contribution in [3.63, 3.8) is 0 Å². The van der Waals surface area contributed by atoms with Crippen LogP contribution in [0.3, 0.4) is 0 Å². The zero-order valence-electron chi connectivity index (χ0n) is 12.9. The Morgan fingerprint density at radius 2 is 2.12 bits per heavy atom. The van der Waals surface area contributed by atoms with Crippen LogP contribution in [0.5, 0.6) is 17.5 Å². The summed E-state index contributed by atoms with van der Waals surface area (Å²) in [5, 5.41) is 4.91. The Labute approximate surface area is 136 Å². The van der Waals surface area contributed by atoms with Crippen LogP contribution < -0.4 is 15.2 Å². The quantitative estimate of drug-likeness (QED) is 0.783. The summed E-state index contributed by atoms with van der Waals surface area (Å²) in [7, 11) is 1.55. The van der Waals surface area contributed by atoms with Gasteiger partial charge in [0.15, 0.2) is 5.65 Å². The van der Waals surface area contributed by atoms with Crippen molar-refractivity contribution in [2.45, 2.75) is 25.1 Å². The third-order valence-electron chi connectivity index (χ3n) is 4.03. The monoisotopic (exact) mass is 330 g/mol. The lowest BCUT2D eigenvalue weighted by molar-refractivity contribution is 0.129. The molecule has 1 aliphatic carbocycles. The summed E-state index contributed by atoms with van der Waals surface area (Å²) in [6, 6.07) is 3.27. The van der Waals surface area contributed by atoms with E-state index in [1.807, 2.05) is 0 Å². The maximum Gasteiger partial charge on any atom is 0.253 e. The van der Waals surface area contributed by atoms with Crippen LogP contribution in [0, 0.1) is 0 Å². The van der Waals surface area contributed by atoms with E-state index in [1.54, 1.807) is 30.1 Å². The molecule has 3 aromatic heterocycles. The maximum atomic E-state index is 13.2. The molecule has 3 heterocycles. The first kappa shape index (κ1) is 14.6. The van der Waals surface area contributed by atoms with Crippen LogP contribution in [0.15, 0.2) is 24.7 Å². The average molecular weight is 330 g/mol. The predicted octanol–water partition coefficient (Wildman–Crippen LogP) is 2.28. The van der Waals surface area contributed by atoms with Crippen molar-refractivity contribution < 1.29 is 13.9 Å². The maximum absolute atomic E-state index is 13.2. The van der Waals surface area contributed by atoms with Gasteiger partial charge in [-0.2, -0.15) is 0 Å². The molecule has 0 radical (unpaired) electrons. The Bertz CT molecular complexity index is 893. The first-order valence-corrected chi connectivity index (χ1v) is 7.46. The first-order valence-electron chi connectivity index (χ1n) is 7.46. The fraction of sp³-hybridized carbons (Fsp3) is 0.333. The zero-order chi connectivity index (χ0) is 16.7. The van der Waals surface area contributed by atoms with Crippen LogP contribution >= 0.6 is 0 Å².